The molecule has 1 N–H and O–H groups in total. The number of allylic oxidation sites excluding steroid dienone is 1. The lowest BCUT2D eigenvalue weighted by molar-refractivity contribution is -0.117. The lowest BCUT2D eigenvalue weighted by atomic mass is 9.90. The van der Waals surface area contributed by atoms with Gasteiger partial charge in [-0.2, -0.15) is 0 Å². The van der Waals surface area contributed by atoms with Gasteiger partial charge in [0.25, 0.3) is 5.91 Å². The zero-order valence-electron chi connectivity index (χ0n) is 14.0. The molecule has 2 rings (SSSR count). The van der Waals surface area contributed by atoms with Gasteiger partial charge in [0.2, 0.25) is 0 Å². The molecule has 1 aromatic carbocycles. The fourth-order valence-electron chi connectivity index (χ4n) is 3.08. The number of ketones is 1. The highest BCUT2D eigenvalue weighted by Crippen LogP contribution is 2.41. The maximum atomic E-state index is 12.8. The molecule has 1 aliphatic rings. The molecule has 1 amide bonds. The molecule has 0 aliphatic heterocycles. The minimum Gasteiger partial charge on any atom is -0.352 e. The third kappa shape index (κ3) is 3.42. The van der Waals surface area contributed by atoms with Crippen molar-refractivity contribution in [3.05, 3.63) is 41.0 Å². The van der Waals surface area contributed by atoms with E-state index in [1.165, 1.54) is 0 Å². The summed E-state index contributed by atoms with van der Waals surface area (Å²) < 4.78 is 0. The number of rotatable bonds is 7. The summed E-state index contributed by atoms with van der Waals surface area (Å²) in [6.07, 6.45) is 2.84. The van der Waals surface area contributed by atoms with Gasteiger partial charge in [-0.15, -0.1) is 0 Å². The van der Waals surface area contributed by atoms with Crippen LogP contribution >= 0.6 is 15.9 Å². The summed E-state index contributed by atoms with van der Waals surface area (Å²) in [6, 6.07) is 7.52. The van der Waals surface area contributed by atoms with Crippen molar-refractivity contribution < 1.29 is 9.59 Å². The van der Waals surface area contributed by atoms with Crippen molar-refractivity contribution >= 4 is 33.2 Å². The molecule has 23 heavy (non-hydrogen) atoms. The van der Waals surface area contributed by atoms with Gasteiger partial charge in [0, 0.05) is 16.9 Å². The largest absolute Gasteiger partial charge is 0.352 e. The van der Waals surface area contributed by atoms with Crippen molar-refractivity contribution in [2.24, 2.45) is 5.92 Å². The van der Waals surface area contributed by atoms with Crippen LogP contribution in [0.15, 0.2) is 29.8 Å². The Hall–Kier alpha value is -1.42. The highest BCUT2D eigenvalue weighted by molar-refractivity contribution is 9.09. The maximum absolute atomic E-state index is 12.8. The topological polar surface area (TPSA) is 46.2 Å². The zero-order valence-corrected chi connectivity index (χ0v) is 15.6. The minimum atomic E-state index is -0.251. The molecule has 0 saturated heterocycles. The number of carbonyl (C=O) groups excluding carboxylic acids is 2. The van der Waals surface area contributed by atoms with Crippen LogP contribution in [0, 0.1) is 5.92 Å². The van der Waals surface area contributed by atoms with E-state index in [9.17, 15) is 9.59 Å². The standard InChI is InChI=1S/C19H24BrNO2/c1-4-11-21-19(23)16-15(17(20)12(5-2)6-3)13-9-7-8-10-14(13)18(16)22/h7-10,12,17H,4-6,11H2,1-3H3,(H,21,23). The van der Waals surface area contributed by atoms with Crippen molar-refractivity contribution in [3.63, 3.8) is 0 Å². The van der Waals surface area contributed by atoms with Gasteiger partial charge in [0.15, 0.2) is 5.78 Å². The molecular formula is C19H24BrNO2. The van der Waals surface area contributed by atoms with Crippen molar-refractivity contribution in [2.45, 2.75) is 44.9 Å². The fraction of sp³-hybridized carbons (Fsp3) is 0.474. The number of amides is 1. The van der Waals surface area contributed by atoms with Gasteiger partial charge < -0.3 is 5.32 Å². The summed E-state index contributed by atoms with van der Waals surface area (Å²) in [6.45, 7) is 6.86. The molecule has 0 spiro atoms. The first-order valence-corrected chi connectivity index (χ1v) is 9.28. The Kier molecular flexibility index (Phi) is 6.17. The average molecular weight is 378 g/mol. The van der Waals surface area contributed by atoms with Gasteiger partial charge in [-0.05, 0) is 23.5 Å². The molecule has 0 fully saturated rings. The monoisotopic (exact) mass is 377 g/mol. The summed E-state index contributed by atoms with van der Waals surface area (Å²) in [7, 11) is 0. The summed E-state index contributed by atoms with van der Waals surface area (Å²) in [5, 5.41) is 2.86. The van der Waals surface area contributed by atoms with E-state index < -0.39 is 0 Å². The Morgan fingerprint density at radius 2 is 1.74 bits per heavy atom. The third-order valence-corrected chi connectivity index (χ3v) is 5.66. The predicted molar refractivity (Wildman–Crippen MR) is 97.8 cm³/mol. The van der Waals surface area contributed by atoms with E-state index >= 15 is 0 Å². The van der Waals surface area contributed by atoms with Crippen LogP contribution in [0.25, 0.3) is 5.57 Å². The fourth-order valence-corrected chi connectivity index (χ4v) is 4.31. The normalized spacial score (nSPS) is 15.1. The first-order chi connectivity index (χ1) is 11.1. The Bertz CT molecular complexity index is 632. The second-order valence-corrected chi connectivity index (χ2v) is 6.88. The molecule has 0 radical (unpaired) electrons. The van der Waals surface area contributed by atoms with Gasteiger partial charge in [-0.3, -0.25) is 9.59 Å². The molecule has 4 heteroatoms. The molecule has 1 atom stereocenters. The second-order valence-electron chi connectivity index (χ2n) is 5.90. The molecule has 0 heterocycles. The first kappa shape index (κ1) is 17.9. The number of hydrogen-bond donors (Lipinski definition) is 1. The Morgan fingerprint density at radius 1 is 1.13 bits per heavy atom. The predicted octanol–water partition coefficient (Wildman–Crippen LogP) is 4.36. The SMILES string of the molecule is CCCNC(=O)C1=C(C(Br)C(CC)CC)c2ccccc2C1=O. The lowest BCUT2D eigenvalue weighted by Crippen LogP contribution is -2.29. The summed E-state index contributed by atoms with van der Waals surface area (Å²) in [5.41, 5.74) is 2.70. The van der Waals surface area contributed by atoms with Crippen LogP contribution in [0.5, 0.6) is 0 Å². The number of hydrogen-bond acceptors (Lipinski definition) is 2. The molecule has 1 aromatic rings. The van der Waals surface area contributed by atoms with E-state index in [-0.39, 0.29) is 16.5 Å². The van der Waals surface area contributed by atoms with Crippen LogP contribution in [0.2, 0.25) is 0 Å². The lowest BCUT2D eigenvalue weighted by Gasteiger charge is -2.22. The van der Waals surface area contributed by atoms with Crippen molar-refractivity contribution in [1.82, 2.24) is 5.32 Å². The Labute approximate surface area is 146 Å². The van der Waals surface area contributed by atoms with E-state index in [2.05, 4.69) is 35.1 Å². The van der Waals surface area contributed by atoms with E-state index in [1.807, 2.05) is 31.2 Å². The number of carbonyl (C=O) groups is 2. The van der Waals surface area contributed by atoms with Gasteiger partial charge in [-0.25, -0.2) is 0 Å². The first-order valence-electron chi connectivity index (χ1n) is 8.37. The quantitative estimate of drug-likeness (QED) is 0.566. The molecule has 1 unspecified atom stereocenters. The molecule has 0 aromatic heterocycles. The molecule has 124 valence electrons. The highest BCUT2D eigenvalue weighted by atomic mass is 79.9. The van der Waals surface area contributed by atoms with Crippen LogP contribution in [-0.2, 0) is 4.79 Å². The molecule has 3 nitrogen and oxygen atoms in total. The van der Waals surface area contributed by atoms with Crippen molar-refractivity contribution in [3.8, 4) is 0 Å². The maximum Gasteiger partial charge on any atom is 0.255 e. The number of nitrogens with one attached hydrogen (secondary N) is 1. The number of halogens is 1. The number of Topliss-reactive ketones (excluding diaryl/α,β-unsaturated/α-hetero) is 1. The highest BCUT2D eigenvalue weighted by Gasteiger charge is 2.37. The molecule has 0 saturated carbocycles. The van der Waals surface area contributed by atoms with Gasteiger partial charge in [0.1, 0.15) is 0 Å². The molecular weight excluding hydrogens is 354 g/mol. The Balaban J connectivity index is 2.52. The van der Waals surface area contributed by atoms with Crippen LogP contribution < -0.4 is 5.32 Å². The van der Waals surface area contributed by atoms with Crippen molar-refractivity contribution in [1.29, 1.82) is 0 Å². The van der Waals surface area contributed by atoms with Crippen LogP contribution in [-0.4, -0.2) is 23.1 Å². The van der Waals surface area contributed by atoms with Crippen molar-refractivity contribution in [2.75, 3.05) is 6.54 Å². The Morgan fingerprint density at radius 3 is 2.30 bits per heavy atom. The zero-order chi connectivity index (χ0) is 17.0. The van der Waals surface area contributed by atoms with E-state index in [1.54, 1.807) is 0 Å². The number of benzene rings is 1. The summed E-state index contributed by atoms with van der Waals surface area (Å²) >= 11 is 3.78. The van der Waals surface area contributed by atoms with Gasteiger partial charge in [-0.1, -0.05) is 73.8 Å². The van der Waals surface area contributed by atoms with Gasteiger partial charge >= 0.3 is 0 Å². The van der Waals surface area contributed by atoms with E-state index in [0.717, 1.165) is 30.4 Å². The smallest absolute Gasteiger partial charge is 0.255 e. The van der Waals surface area contributed by atoms with Crippen LogP contribution in [0.4, 0.5) is 0 Å². The van der Waals surface area contributed by atoms with E-state index in [4.69, 9.17) is 0 Å². The number of alkyl halides is 1. The summed E-state index contributed by atoms with van der Waals surface area (Å²) in [5.74, 6) is -0.0176. The minimum absolute atomic E-state index is 0.00692. The number of fused-ring (bicyclic) bond motifs is 1. The molecule has 0 bridgehead atoms. The average Bonchev–Trinajstić information content (AvgIpc) is 2.87. The van der Waals surface area contributed by atoms with Crippen LogP contribution in [0.1, 0.15) is 56.0 Å². The summed E-state index contributed by atoms with van der Waals surface area (Å²) in [4.78, 5) is 25.4. The molecule has 1 aliphatic carbocycles. The van der Waals surface area contributed by atoms with Gasteiger partial charge in [0.05, 0.1) is 5.57 Å². The van der Waals surface area contributed by atoms with Crippen LogP contribution in [0.3, 0.4) is 0 Å². The third-order valence-electron chi connectivity index (χ3n) is 4.46. The second kappa shape index (κ2) is 7.91. The van der Waals surface area contributed by atoms with E-state index in [0.29, 0.717) is 23.6 Å².